The molecule has 1 fully saturated rings. The summed E-state index contributed by atoms with van der Waals surface area (Å²) < 4.78 is 0. The topological polar surface area (TPSA) is 57.6 Å². The van der Waals surface area contributed by atoms with Gasteiger partial charge in [0.05, 0.1) is 11.8 Å². The lowest BCUT2D eigenvalue weighted by molar-refractivity contribution is -0.143. The summed E-state index contributed by atoms with van der Waals surface area (Å²) in [6.07, 6.45) is 1.99. The highest BCUT2D eigenvalue weighted by Gasteiger charge is 2.36. The highest BCUT2D eigenvalue weighted by Crippen LogP contribution is 2.32. The fourth-order valence-corrected chi connectivity index (χ4v) is 2.86. The van der Waals surface area contributed by atoms with Gasteiger partial charge in [0.15, 0.2) is 0 Å². The molecule has 104 valence electrons. The van der Waals surface area contributed by atoms with Crippen LogP contribution in [0.1, 0.15) is 37.5 Å². The fourth-order valence-electron chi connectivity index (χ4n) is 2.09. The lowest BCUT2D eigenvalue weighted by Gasteiger charge is -2.27. The van der Waals surface area contributed by atoms with Gasteiger partial charge < -0.3 is 10.0 Å². The van der Waals surface area contributed by atoms with Crippen LogP contribution >= 0.6 is 11.3 Å². The highest BCUT2D eigenvalue weighted by molar-refractivity contribution is 7.10. The Labute approximate surface area is 117 Å². The molecule has 1 saturated carbocycles. The van der Waals surface area contributed by atoms with Crippen LogP contribution in [0.3, 0.4) is 0 Å². The molecule has 4 nitrogen and oxygen atoms in total. The van der Waals surface area contributed by atoms with Gasteiger partial charge in [0.25, 0.3) is 0 Å². The van der Waals surface area contributed by atoms with E-state index in [0.717, 1.165) is 17.7 Å². The van der Waals surface area contributed by atoms with Crippen LogP contribution in [0.2, 0.25) is 0 Å². The second-order valence-corrected chi connectivity index (χ2v) is 6.18. The van der Waals surface area contributed by atoms with Crippen LogP contribution in [0.5, 0.6) is 0 Å². The molecule has 0 saturated heterocycles. The van der Waals surface area contributed by atoms with E-state index in [1.165, 1.54) is 0 Å². The molecule has 0 spiro atoms. The maximum Gasteiger partial charge on any atom is 0.308 e. The zero-order valence-electron chi connectivity index (χ0n) is 11.2. The van der Waals surface area contributed by atoms with Crippen LogP contribution in [0.4, 0.5) is 0 Å². The predicted molar refractivity (Wildman–Crippen MR) is 74.3 cm³/mol. The molecule has 1 amide bonds. The number of carboxylic acids is 1. The van der Waals surface area contributed by atoms with Crippen molar-refractivity contribution >= 4 is 23.2 Å². The number of hydrogen-bond acceptors (Lipinski definition) is 3. The van der Waals surface area contributed by atoms with Crippen molar-refractivity contribution in [2.24, 2.45) is 5.92 Å². The third-order valence-corrected chi connectivity index (χ3v) is 4.56. The van der Waals surface area contributed by atoms with E-state index in [9.17, 15) is 9.59 Å². The summed E-state index contributed by atoms with van der Waals surface area (Å²) in [5.41, 5.74) is 0. The predicted octanol–water partition coefficient (Wildman–Crippen LogP) is 2.56. The summed E-state index contributed by atoms with van der Waals surface area (Å²) in [6, 6.07) is 4.14. The standard InChI is InChI=1S/C14H19NO3S/c1-9(14(17)18)8-15(11-5-6-11)13(16)10(2)12-4-3-7-19-12/h3-4,7,9-11H,5-6,8H2,1-2H3,(H,17,18)/t9-,10+/m1/s1. The van der Waals surface area contributed by atoms with Crippen LogP contribution < -0.4 is 0 Å². The smallest absolute Gasteiger partial charge is 0.308 e. The first-order valence-electron chi connectivity index (χ1n) is 6.57. The molecule has 0 aliphatic heterocycles. The minimum Gasteiger partial charge on any atom is -0.481 e. The number of carbonyl (C=O) groups is 2. The maximum atomic E-state index is 12.5. The Hall–Kier alpha value is -1.36. The summed E-state index contributed by atoms with van der Waals surface area (Å²) in [7, 11) is 0. The molecular weight excluding hydrogens is 262 g/mol. The van der Waals surface area contributed by atoms with Crippen molar-refractivity contribution in [3.05, 3.63) is 22.4 Å². The fraction of sp³-hybridized carbons (Fsp3) is 0.571. The zero-order valence-corrected chi connectivity index (χ0v) is 12.0. The third kappa shape index (κ3) is 3.35. The summed E-state index contributed by atoms with van der Waals surface area (Å²) in [6.45, 7) is 3.87. The number of aliphatic carboxylic acids is 1. The summed E-state index contributed by atoms with van der Waals surface area (Å²) in [4.78, 5) is 26.3. The first-order chi connectivity index (χ1) is 9.00. The molecule has 1 N–H and O–H groups in total. The van der Waals surface area contributed by atoms with Gasteiger partial charge >= 0.3 is 5.97 Å². The highest BCUT2D eigenvalue weighted by atomic mass is 32.1. The molecule has 19 heavy (non-hydrogen) atoms. The normalized spacial score (nSPS) is 17.8. The second kappa shape index (κ2) is 5.74. The van der Waals surface area contributed by atoms with Gasteiger partial charge in [-0.15, -0.1) is 11.3 Å². The van der Waals surface area contributed by atoms with Crippen LogP contribution in [-0.4, -0.2) is 34.5 Å². The van der Waals surface area contributed by atoms with E-state index >= 15 is 0 Å². The van der Waals surface area contributed by atoms with E-state index in [1.807, 2.05) is 24.4 Å². The molecule has 2 rings (SSSR count). The van der Waals surface area contributed by atoms with Gasteiger partial charge in [-0.25, -0.2) is 0 Å². The Morgan fingerprint density at radius 2 is 2.16 bits per heavy atom. The number of carboxylic acid groups (broad SMARTS) is 1. The molecule has 0 unspecified atom stereocenters. The Bertz CT molecular complexity index is 453. The number of carbonyl (C=O) groups excluding carboxylic acids is 1. The Kier molecular flexibility index (Phi) is 4.24. The number of amides is 1. The van der Waals surface area contributed by atoms with Crippen molar-refractivity contribution in [2.45, 2.75) is 38.6 Å². The van der Waals surface area contributed by atoms with Gasteiger partial charge in [0.2, 0.25) is 5.91 Å². The number of nitrogens with zero attached hydrogens (tertiary/aromatic N) is 1. The molecule has 1 aromatic rings. The zero-order chi connectivity index (χ0) is 14.0. The molecule has 0 radical (unpaired) electrons. The van der Waals surface area contributed by atoms with Crippen molar-refractivity contribution in [1.82, 2.24) is 4.90 Å². The van der Waals surface area contributed by atoms with Crippen LogP contribution in [0.25, 0.3) is 0 Å². The molecule has 2 atom stereocenters. The Morgan fingerprint density at radius 3 is 2.63 bits per heavy atom. The largest absolute Gasteiger partial charge is 0.481 e. The average molecular weight is 281 g/mol. The van der Waals surface area contributed by atoms with Crippen molar-refractivity contribution in [3.8, 4) is 0 Å². The van der Waals surface area contributed by atoms with E-state index < -0.39 is 11.9 Å². The van der Waals surface area contributed by atoms with E-state index in [-0.39, 0.29) is 17.9 Å². The molecule has 5 heteroatoms. The SMILES string of the molecule is C[C@H](CN(C(=O)[C@@H](C)c1cccs1)C1CC1)C(=O)O. The van der Waals surface area contributed by atoms with Crippen LogP contribution in [0.15, 0.2) is 17.5 Å². The number of rotatable bonds is 6. The van der Waals surface area contributed by atoms with E-state index in [0.29, 0.717) is 6.54 Å². The van der Waals surface area contributed by atoms with Crippen molar-refractivity contribution in [2.75, 3.05) is 6.54 Å². The first kappa shape index (κ1) is 14.1. The van der Waals surface area contributed by atoms with Crippen molar-refractivity contribution < 1.29 is 14.7 Å². The Morgan fingerprint density at radius 1 is 1.47 bits per heavy atom. The molecule has 1 aromatic heterocycles. The summed E-state index contributed by atoms with van der Waals surface area (Å²) in [5, 5.41) is 11.0. The molecule has 1 heterocycles. The average Bonchev–Trinajstić information content (AvgIpc) is 3.07. The lowest BCUT2D eigenvalue weighted by Crippen LogP contribution is -2.40. The Balaban J connectivity index is 2.06. The van der Waals surface area contributed by atoms with Gasteiger partial charge in [0, 0.05) is 17.5 Å². The van der Waals surface area contributed by atoms with Gasteiger partial charge in [-0.1, -0.05) is 13.0 Å². The number of thiophene rings is 1. The minimum atomic E-state index is -0.845. The maximum absolute atomic E-state index is 12.5. The van der Waals surface area contributed by atoms with Crippen LogP contribution in [0, 0.1) is 5.92 Å². The van der Waals surface area contributed by atoms with E-state index in [4.69, 9.17) is 5.11 Å². The van der Waals surface area contributed by atoms with Crippen molar-refractivity contribution in [3.63, 3.8) is 0 Å². The third-order valence-electron chi connectivity index (χ3n) is 3.50. The summed E-state index contributed by atoms with van der Waals surface area (Å²) >= 11 is 1.57. The van der Waals surface area contributed by atoms with E-state index in [2.05, 4.69) is 0 Å². The van der Waals surface area contributed by atoms with Crippen molar-refractivity contribution in [1.29, 1.82) is 0 Å². The minimum absolute atomic E-state index is 0.0538. The molecule has 1 aliphatic carbocycles. The number of hydrogen-bond donors (Lipinski definition) is 1. The lowest BCUT2D eigenvalue weighted by atomic mass is 10.1. The molecular formula is C14H19NO3S. The van der Waals surface area contributed by atoms with Crippen LogP contribution in [-0.2, 0) is 9.59 Å². The quantitative estimate of drug-likeness (QED) is 0.872. The monoisotopic (exact) mass is 281 g/mol. The van der Waals surface area contributed by atoms with Gasteiger partial charge in [-0.05, 0) is 31.2 Å². The van der Waals surface area contributed by atoms with E-state index in [1.54, 1.807) is 23.2 Å². The van der Waals surface area contributed by atoms with Gasteiger partial charge in [-0.3, -0.25) is 9.59 Å². The van der Waals surface area contributed by atoms with Gasteiger partial charge in [-0.2, -0.15) is 0 Å². The molecule has 1 aliphatic rings. The molecule has 0 bridgehead atoms. The first-order valence-corrected chi connectivity index (χ1v) is 7.45. The van der Waals surface area contributed by atoms with Gasteiger partial charge in [0.1, 0.15) is 0 Å². The molecule has 0 aromatic carbocycles. The summed E-state index contributed by atoms with van der Waals surface area (Å²) in [5.74, 6) is -1.48. The second-order valence-electron chi connectivity index (χ2n) is 5.20.